The third kappa shape index (κ3) is 4.31. The van der Waals surface area contributed by atoms with E-state index in [1.165, 1.54) is 11.8 Å². The summed E-state index contributed by atoms with van der Waals surface area (Å²) in [5.74, 6) is -0.587. The zero-order valence-electron chi connectivity index (χ0n) is 12.0. The molecule has 2 rings (SSSR count). The van der Waals surface area contributed by atoms with E-state index in [0.717, 1.165) is 16.8 Å². The van der Waals surface area contributed by atoms with E-state index < -0.39 is 5.97 Å². The summed E-state index contributed by atoms with van der Waals surface area (Å²) in [7, 11) is 0. The fourth-order valence-corrected chi connectivity index (χ4v) is 2.88. The molecule has 0 spiro atoms. The summed E-state index contributed by atoms with van der Waals surface area (Å²) < 4.78 is 5.57. The Morgan fingerprint density at radius 3 is 2.67 bits per heavy atom. The van der Waals surface area contributed by atoms with E-state index in [1.807, 2.05) is 37.3 Å². The lowest BCUT2D eigenvalue weighted by molar-refractivity contribution is 0.0691. The Labute approximate surface area is 128 Å². The van der Waals surface area contributed by atoms with Crippen LogP contribution in [0.3, 0.4) is 0 Å². The van der Waals surface area contributed by atoms with Crippen molar-refractivity contribution in [3.63, 3.8) is 0 Å². The number of aromatic nitrogens is 1. The lowest BCUT2D eigenvalue weighted by Crippen LogP contribution is -2.06. The van der Waals surface area contributed by atoms with E-state index in [4.69, 9.17) is 4.74 Å². The van der Waals surface area contributed by atoms with E-state index in [-0.39, 0.29) is 5.56 Å². The molecule has 0 saturated heterocycles. The zero-order chi connectivity index (χ0) is 15.2. The van der Waals surface area contributed by atoms with Gasteiger partial charge in [0.15, 0.2) is 0 Å². The van der Waals surface area contributed by atoms with Crippen molar-refractivity contribution in [1.82, 2.24) is 4.98 Å². The number of nitrogens with zero attached hydrogens (tertiary/aromatic N) is 1. The predicted octanol–water partition coefficient (Wildman–Crippen LogP) is 3.66. The SMILES string of the molecule is Cc1cc(C)c(C(=O)O)c(SCOCc2ccccc2)n1. The minimum Gasteiger partial charge on any atom is -0.478 e. The molecule has 0 unspecified atom stereocenters. The average molecular weight is 303 g/mol. The van der Waals surface area contributed by atoms with E-state index in [1.54, 1.807) is 13.0 Å². The minimum atomic E-state index is -0.953. The smallest absolute Gasteiger partial charge is 0.338 e. The second kappa shape index (κ2) is 7.24. The fourth-order valence-electron chi connectivity index (χ4n) is 2.00. The van der Waals surface area contributed by atoms with Crippen LogP contribution in [0.4, 0.5) is 0 Å². The number of carboxylic acids is 1. The molecule has 0 fully saturated rings. The van der Waals surface area contributed by atoms with E-state index in [2.05, 4.69) is 4.98 Å². The average Bonchev–Trinajstić information content (AvgIpc) is 2.43. The first-order valence-electron chi connectivity index (χ1n) is 6.54. The molecule has 0 bridgehead atoms. The van der Waals surface area contributed by atoms with Gasteiger partial charge in [-0.1, -0.05) is 42.1 Å². The maximum absolute atomic E-state index is 11.3. The van der Waals surface area contributed by atoms with Crippen molar-refractivity contribution in [2.75, 3.05) is 5.94 Å². The van der Waals surface area contributed by atoms with Crippen molar-refractivity contribution >= 4 is 17.7 Å². The van der Waals surface area contributed by atoms with Gasteiger partial charge < -0.3 is 9.84 Å². The summed E-state index contributed by atoms with van der Waals surface area (Å²) in [6.07, 6.45) is 0. The number of pyridine rings is 1. The van der Waals surface area contributed by atoms with Crippen LogP contribution in [0.1, 0.15) is 27.2 Å². The first-order valence-corrected chi connectivity index (χ1v) is 7.52. The number of aromatic carboxylic acids is 1. The van der Waals surface area contributed by atoms with Gasteiger partial charge in [-0.15, -0.1) is 0 Å². The molecule has 0 aliphatic heterocycles. The monoisotopic (exact) mass is 303 g/mol. The van der Waals surface area contributed by atoms with Crippen LogP contribution in [-0.4, -0.2) is 22.0 Å². The molecule has 0 saturated carbocycles. The molecule has 1 heterocycles. The Morgan fingerprint density at radius 1 is 1.29 bits per heavy atom. The largest absolute Gasteiger partial charge is 0.478 e. The summed E-state index contributed by atoms with van der Waals surface area (Å²) in [5.41, 5.74) is 2.88. The molecule has 0 aliphatic carbocycles. The second-order valence-electron chi connectivity index (χ2n) is 4.66. The Balaban J connectivity index is 1.98. The molecule has 0 aliphatic rings. The highest BCUT2D eigenvalue weighted by molar-refractivity contribution is 7.99. The lowest BCUT2D eigenvalue weighted by Gasteiger charge is -2.09. The molecular formula is C16H17NO3S. The van der Waals surface area contributed by atoms with Crippen LogP contribution in [-0.2, 0) is 11.3 Å². The van der Waals surface area contributed by atoms with Crippen LogP contribution < -0.4 is 0 Å². The Bertz CT molecular complexity index is 629. The van der Waals surface area contributed by atoms with Crippen LogP contribution in [0.15, 0.2) is 41.4 Å². The number of thioether (sulfide) groups is 1. The van der Waals surface area contributed by atoms with Gasteiger partial charge in [0.25, 0.3) is 0 Å². The predicted molar refractivity (Wildman–Crippen MR) is 82.6 cm³/mol. The Kier molecular flexibility index (Phi) is 5.36. The summed E-state index contributed by atoms with van der Waals surface area (Å²) in [6.45, 7) is 4.14. The van der Waals surface area contributed by atoms with Crippen LogP contribution in [0.5, 0.6) is 0 Å². The van der Waals surface area contributed by atoms with Gasteiger partial charge in [-0.2, -0.15) is 0 Å². The van der Waals surface area contributed by atoms with Crippen molar-refractivity contribution in [2.24, 2.45) is 0 Å². The first kappa shape index (κ1) is 15.5. The molecule has 4 nitrogen and oxygen atoms in total. The van der Waals surface area contributed by atoms with Crippen molar-refractivity contribution < 1.29 is 14.6 Å². The summed E-state index contributed by atoms with van der Waals surface area (Å²) in [4.78, 5) is 15.6. The van der Waals surface area contributed by atoms with Crippen LogP contribution >= 0.6 is 11.8 Å². The maximum atomic E-state index is 11.3. The molecule has 1 N–H and O–H groups in total. The standard InChI is InChI=1S/C16H17NO3S/c1-11-8-12(2)17-15(14(11)16(18)19)21-10-20-9-13-6-4-3-5-7-13/h3-8H,9-10H2,1-2H3,(H,18,19). The number of ether oxygens (including phenoxy) is 1. The minimum absolute atomic E-state index is 0.258. The number of rotatable bonds is 6. The Morgan fingerprint density at radius 2 is 2.00 bits per heavy atom. The normalized spacial score (nSPS) is 10.6. The first-order chi connectivity index (χ1) is 10.1. The van der Waals surface area contributed by atoms with Crippen LogP contribution in [0.2, 0.25) is 0 Å². The van der Waals surface area contributed by atoms with Crippen molar-refractivity contribution in [3.8, 4) is 0 Å². The molecule has 2 aromatic rings. The van der Waals surface area contributed by atoms with Crippen molar-refractivity contribution in [2.45, 2.75) is 25.5 Å². The van der Waals surface area contributed by atoms with E-state index in [9.17, 15) is 9.90 Å². The Hall–Kier alpha value is -1.85. The highest BCUT2D eigenvalue weighted by Gasteiger charge is 2.16. The number of benzene rings is 1. The number of hydrogen-bond acceptors (Lipinski definition) is 4. The third-order valence-electron chi connectivity index (χ3n) is 2.92. The van der Waals surface area contributed by atoms with Gasteiger partial charge in [-0.05, 0) is 31.0 Å². The second-order valence-corrected chi connectivity index (χ2v) is 5.57. The highest BCUT2D eigenvalue weighted by atomic mass is 32.2. The van der Waals surface area contributed by atoms with Crippen LogP contribution in [0, 0.1) is 13.8 Å². The molecule has 0 atom stereocenters. The van der Waals surface area contributed by atoms with Gasteiger partial charge in [0.05, 0.1) is 18.1 Å². The summed E-state index contributed by atoms with van der Waals surface area (Å²) >= 11 is 1.31. The van der Waals surface area contributed by atoms with E-state index >= 15 is 0 Å². The van der Waals surface area contributed by atoms with Crippen molar-refractivity contribution in [3.05, 3.63) is 58.8 Å². The molecule has 21 heavy (non-hydrogen) atoms. The number of carboxylic acid groups (broad SMARTS) is 1. The van der Waals surface area contributed by atoms with Gasteiger partial charge >= 0.3 is 5.97 Å². The molecule has 0 radical (unpaired) electrons. The number of carbonyl (C=O) groups is 1. The number of aryl methyl sites for hydroxylation is 2. The molecule has 110 valence electrons. The van der Waals surface area contributed by atoms with Gasteiger partial charge in [-0.3, -0.25) is 0 Å². The molecule has 1 aromatic carbocycles. The fraction of sp³-hybridized carbons (Fsp3) is 0.250. The highest BCUT2D eigenvalue weighted by Crippen LogP contribution is 2.24. The third-order valence-corrected chi connectivity index (χ3v) is 3.77. The van der Waals surface area contributed by atoms with E-state index in [0.29, 0.717) is 17.6 Å². The van der Waals surface area contributed by atoms with Gasteiger partial charge in [0.2, 0.25) is 0 Å². The molecular weight excluding hydrogens is 286 g/mol. The van der Waals surface area contributed by atoms with Gasteiger partial charge in [-0.25, -0.2) is 9.78 Å². The topological polar surface area (TPSA) is 59.4 Å². The quantitative estimate of drug-likeness (QED) is 0.501. The zero-order valence-corrected chi connectivity index (χ0v) is 12.8. The summed E-state index contributed by atoms with van der Waals surface area (Å²) in [6, 6.07) is 11.6. The van der Waals surface area contributed by atoms with Gasteiger partial charge in [0, 0.05) is 5.69 Å². The molecule has 1 aromatic heterocycles. The van der Waals surface area contributed by atoms with Crippen LogP contribution in [0.25, 0.3) is 0 Å². The molecule has 5 heteroatoms. The maximum Gasteiger partial charge on any atom is 0.338 e. The summed E-state index contributed by atoms with van der Waals surface area (Å²) in [5, 5.41) is 9.79. The lowest BCUT2D eigenvalue weighted by atomic mass is 10.1. The number of hydrogen-bond donors (Lipinski definition) is 1. The molecule has 0 amide bonds. The van der Waals surface area contributed by atoms with Gasteiger partial charge in [0.1, 0.15) is 5.03 Å². The van der Waals surface area contributed by atoms with Crippen molar-refractivity contribution in [1.29, 1.82) is 0 Å².